The molecule has 0 fully saturated rings. The molecule has 1 N–H and O–H groups in total. The zero-order valence-electron chi connectivity index (χ0n) is 10.6. The standard InChI is InChI=1S/C15H13ClO2S/c1-9-3-6-14(19-9)15(2,17)13-8-10-7-11(16)4-5-12(10)18-13/h3-8,17H,1-2H3. The third-order valence-electron chi connectivity index (χ3n) is 3.18. The first-order valence-electron chi connectivity index (χ1n) is 5.96. The van der Waals surface area contributed by atoms with E-state index in [1.54, 1.807) is 24.3 Å². The van der Waals surface area contributed by atoms with Crippen molar-refractivity contribution in [1.82, 2.24) is 0 Å². The van der Waals surface area contributed by atoms with Crippen LogP contribution in [0.1, 0.15) is 22.4 Å². The Bertz CT molecular complexity index is 740. The van der Waals surface area contributed by atoms with Crippen molar-refractivity contribution in [3.8, 4) is 0 Å². The summed E-state index contributed by atoms with van der Waals surface area (Å²) in [5, 5.41) is 12.3. The normalized spacial score (nSPS) is 14.7. The Labute approximate surface area is 120 Å². The SMILES string of the molecule is Cc1ccc(C(C)(O)c2cc3cc(Cl)ccc3o2)s1. The average molecular weight is 293 g/mol. The molecule has 1 atom stereocenters. The first-order chi connectivity index (χ1) is 8.96. The quantitative estimate of drug-likeness (QED) is 0.742. The van der Waals surface area contributed by atoms with Gasteiger partial charge in [-0.2, -0.15) is 0 Å². The summed E-state index contributed by atoms with van der Waals surface area (Å²) in [5.41, 5.74) is -0.391. The van der Waals surface area contributed by atoms with E-state index in [2.05, 4.69) is 0 Å². The third kappa shape index (κ3) is 2.18. The fourth-order valence-corrected chi connectivity index (χ4v) is 3.17. The van der Waals surface area contributed by atoms with Gasteiger partial charge in [0.1, 0.15) is 11.3 Å². The van der Waals surface area contributed by atoms with E-state index in [1.807, 2.05) is 37.3 Å². The highest BCUT2D eigenvalue weighted by Gasteiger charge is 2.31. The van der Waals surface area contributed by atoms with Crippen molar-refractivity contribution in [2.75, 3.05) is 0 Å². The monoisotopic (exact) mass is 292 g/mol. The van der Waals surface area contributed by atoms with Crippen LogP contribution in [0.4, 0.5) is 0 Å². The Morgan fingerprint density at radius 2 is 2.00 bits per heavy atom. The minimum absolute atomic E-state index is 0.534. The van der Waals surface area contributed by atoms with Crippen molar-refractivity contribution in [3.63, 3.8) is 0 Å². The Hall–Kier alpha value is -1.29. The summed E-state index contributed by atoms with van der Waals surface area (Å²) in [6.45, 7) is 3.76. The molecule has 3 aromatic rings. The maximum atomic E-state index is 10.7. The number of thiophene rings is 1. The average Bonchev–Trinajstić information content (AvgIpc) is 2.95. The Kier molecular flexibility index (Phi) is 2.93. The van der Waals surface area contributed by atoms with Crippen LogP contribution in [0.3, 0.4) is 0 Å². The number of hydrogen-bond acceptors (Lipinski definition) is 3. The molecule has 0 amide bonds. The fourth-order valence-electron chi connectivity index (χ4n) is 2.07. The lowest BCUT2D eigenvalue weighted by Crippen LogP contribution is -2.20. The molecule has 0 saturated carbocycles. The lowest BCUT2D eigenvalue weighted by Gasteiger charge is -2.18. The van der Waals surface area contributed by atoms with Gasteiger partial charge in [0, 0.05) is 20.2 Å². The van der Waals surface area contributed by atoms with E-state index < -0.39 is 5.60 Å². The number of fused-ring (bicyclic) bond motifs is 1. The Morgan fingerprint density at radius 1 is 1.21 bits per heavy atom. The summed E-state index contributed by atoms with van der Waals surface area (Å²) in [5.74, 6) is 0.534. The number of rotatable bonds is 2. The van der Waals surface area contributed by atoms with Crippen LogP contribution in [-0.2, 0) is 5.60 Å². The van der Waals surface area contributed by atoms with Gasteiger partial charge in [-0.1, -0.05) is 11.6 Å². The minimum Gasteiger partial charge on any atom is -0.458 e. The number of halogens is 1. The molecule has 0 aliphatic rings. The maximum Gasteiger partial charge on any atom is 0.153 e. The van der Waals surface area contributed by atoms with E-state index in [9.17, 15) is 5.11 Å². The van der Waals surface area contributed by atoms with Crippen LogP contribution >= 0.6 is 22.9 Å². The van der Waals surface area contributed by atoms with E-state index in [0.29, 0.717) is 10.8 Å². The summed E-state index contributed by atoms with van der Waals surface area (Å²) in [6.07, 6.45) is 0. The van der Waals surface area contributed by atoms with Gasteiger partial charge in [0.2, 0.25) is 0 Å². The van der Waals surface area contributed by atoms with Crippen molar-refractivity contribution < 1.29 is 9.52 Å². The first-order valence-corrected chi connectivity index (χ1v) is 7.15. The molecular weight excluding hydrogens is 280 g/mol. The zero-order valence-corrected chi connectivity index (χ0v) is 12.2. The molecule has 4 heteroatoms. The molecule has 0 bridgehead atoms. The molecule has 0 aliphatic heterocycles. The predicted molar refractivity (Wildman–Crippen MR) is 79.0 cm³/mol. The second-order valence-electron chi connectivity index (χ2n) is 4.78. The molecular formula is C15H13ClO2S. The van der Waals surface area contributed by atoms with Gasteiger partial charge >= 0.3 is 0 Å². The van der Waals surface area contributed by atoms with Gasteiger partial charge in [-0.15, -0.1) is 11.3 Å². The molecule has 2 heterocycles. The van der Waals surface area contributed by atoms with Gasteiger partial charge in [-0.3, -0.25) is 0 Å². The van der Waals surface area contributed by atoms with Crippen molar-refractivity contribution >= 4 is 33.9 Å². The van der Waals surface area contributed by atoms with Gasteiger partial charge < -0.3 is 9.52 Å². The second-order valence-corrected chi connectivity index (χ2v) is 6.50. The van der Waals surface area contributed by atoms with Crippen LogP contribution in [0.5, 0.6) is 0 Å². The number of aliphatic hydroxyl groups is 1. The van der Waals surface area contributed by atoms with Crippen molar-refractivity contribution in [1.29, 1.82) is 0 Å². The minimum atomic E-state index is -1.12. The lowest BCUT2D eigenvalue weighted by molar-refractivity contribution is 0.0824. The molecule has 1 unspecified atom stereocenters. The smallest absolute Gasteiger partial charge is 0.153 e. The third-order valence-corrected chi connectivity index (χ3v) is 4.62. The van der Waals surface area contributed by atoms with E-state index in [0.717, 1.165) is 20.7 Å². The lowest BCUT2D eigenvalue weighted by atomic mass is 10.0. The molecule has 2 nitrogen and oxygen atoms in total. The van der Waals surface area contributed by atoms with Crippen LogP contribution < -0.4 is 0 Å². The predicted octanol–water partition coefficient (Wildman–Crippen LogP) is 4.71. The van der Waals surface area contributed by atoms with Crippen molar-refractivity contribution in [2.24, 2.45) is 0 Å². The molecule has 98 valence electrons. The zero-order chi connectivity index (χ0) is 13.6. The molecule has 1 aromatic carbocycles. The molecule has 3 rings (SSSR count). The van der Waals surface area contributed by atoms with E-state index >= 15 is 0 Å². The van der Waals surface area contributed by atoms with E-state index in [1.165, 1.54) is 0 Å². The molecule has 0 aliphatic carbocycles. The summed E-state index contributed by atoms with van der Waals surface area (Å²) >= 11 is 7.53. The number of aryl methyl sites for hydroxylation is 1. The van der Waals surface area contributed by atoms with Crippen LogP contribution in [0.25, 0.3) is 11.0 Å². The molecule has 2 aromatic heterocycles. The summed E-state index contributed by atoms with van der Waals surface area (Å²) in [4.78, 5) is 2.03. The molecule has 0 radical (unpaired) electrons. The summed E-state index contributed by atoms with van der Waals surface area (Å²) in [7, 11) is 0. The largest absolute Gasteiger partial charge is 0.458 e. The Balaban J connectivity index is 2.12. The van der Waals surface area contributed by atoms with Crippen LogP contribution in [0.15, 0.2) is 40.8 Å². The number of hydrogen-bond donors (Lipinski definition) is 1. The highest BCUT2D eigenvalue weighted by molar-refractivity contribution is 7.12. The number of benzene rings is 1. The molecule has 0 saturated heterocycles. The summed E-state index contributed by atoms with van der Waals surface area (Å²) in [6, 6.07) is 11.2. The van der Waals surface area contributed by atoms with Gasteiger partial charge in [0.15, 0.2) is 5.60 Å². The molecule has 0 spiro atoms. The molecule has 19 heavy (non-hydrogen) atoms. The van der Waals surface area contributed by atoms with Crippen molar-refractivity contribution in [2.45, 2.75) is 19.4 Å². The van der Waals surface area contributed by atoms with Crippen LogP contribution in [-0.4, -0.2) is 5.11 Å². The fraction of sp³-hybridized carbons (Fsp3) is 0.200. The van der Waals surface area contributed by atoms with Crippen LogP contribution in [0.2, 0.25) is 5.02 Å². The second kappa shape index (κ2) is 4.37. The van der Waals surface area contributed by atoms with Gasteiger partial charge in [-0.25, -0.2) is 0 Å². The van der Waals surface area contributed by atoms with Gasteiger partial charge in [-0.05, 0) is 50.2 Å². The first kappa shape index (κ1) is 12.7. The maximum absolute atomic E-state index is 10.7. The van der Waals surface area contributed by atoms with E-state index in [-0.39, 0.29) is 0 Å². The Morgan fingerprint density at radius 3 is 2.68 bits per heavy atom. The van der Waals surface area contributed by atoms with Crippen LogP contribution in [0, 0.1) is 6.92 Å². The van der Waals surface area contributed by atoms with Crippen molar-refractivity contribution in [3.05, 3.63) is 56.9 Å². The van der Waals surface area contributed by atoms with Gasteiger partial charge in [0.25, 0.3) is 0 Å². The highest BCUT2D eigenvalue weighted by Crippen LogP contribution is 2.37. The van der Waals surface area contributed by atoms with E-state index in [4.69, 9.17) is 16.0 Å². The topological polar surface area (TPSA) is 33.4 Å². The number of furan rings is 1. The highest BCUT2D eigenvalue weighted by atomic mass is 35.5. The summed E-state index contributed by atoms with van der Waals surface area (Å²) < 4.78 is 5.75. The van der Waals surface area contributed by atoms with Gasteiger partial charge in [0.05, 0.1) is 0 Å².